The fourth-order valence-electron chi connectivity index (χ4n) is 3.10. The smallest absolute Gasteiger partial charge is 0.233 e. The Hall–Kier alpha value is -2.63. The zero-order chi connectivity index (χ0) is 20.5. The fraction of sp³-hybridized carbons (Fsp3) is 0.250. The van der Waals surface area contributed by atoms with Crippen molar-refractivity contribution >= 4 is 23.2 Å². The van der Waals surface area contributed by atoms with Crippen LogP contribution in [-0.4, -0.2) is 47.8 Å². The highest BCUT2D eigenvalue weighted by Gasteiger charge is 2.17. The van der Waals surface area contributed by atoms with Crippen molar-refractivity contribution in [2.45, 2.75) is 11.9 Å². The number of nitrogens with zero attached hydrogens (tertiary/aromatic N) is 2. The van der Waals surface area contributed by atoms with Crippen molar-refractivity contribution in [3.63, 3.8) is 0 Å². The molecule has 1 aromatic carbocycles. The zero-order valence-electron chi connectivity index (χ0n) is 16.7. The number of ether oxygens (including phenoxy) is 1. The highest BCUT2D eigenvalue weighted by Crippen LogP contribution is 2.28. The van der Waals surface area contributed by atoms with Gasteiger partial charge in [-0.15, -0.1) is 0 Å². The Labute approximate surface area is 177 Å². The van der Waals surface area contributed by atoms with Crippen LogP contribution in [0.3, 0.4) is 0 Å². The molecule has 1 fully saturated rings. The summed E-state index contributed by atoms with van der Waals surface area (Å²) in [6, 6.07) is 14.4. The van der Waals surface area contributed by atoms with Crippen molar-refractivity contribution in [1.82, 2.24) is 9.88 Å². The number of aromatic nitrogens is 1. The molecule has 0 atom stereocenters. The topological polar surface area (TPSA) is 42.4 Å². The molecule has 3 rings (SSSR count). The van der Waals surface area contributed by atoms with Crippen molar-refractivity contribution in [1.29, 1.82) is 0 Å². The second-order valence-electron chi connectivity index (χ2n) is 6.58. The summed E-state index contributed by atoms with van der Waals surface area (Å²) in [6.45, 7) is 8.35. The van der Waals surface area contributed by atoms with Crippen LogP contribution in [0.2, 0.25) is 0 Å². The van der Waals surface area contributed by atoms with E-state index >= 15 is 0 Å². The summed E-state index contributed by atoms with van der Waals surface area (Å²) in [5, 5.41) is 0.836. The van der Waals surface area contributed by atoms with Crippen molar-refractivity contribution in [2.24, 2.45) is 0 Å². The minimum atomic E-state index is 0.127. The van der Waals surface area contributed by atoms with E-state index in [1.807, 2.05) is 48.3 Å². The lowest BCUT2D eigenvalue weighted by atomic mass is 10.0. The lowest BCUT2D eigenvalue weighted by Crippen LogP contribution is -2.41. The lowest BCUT2D eigenvalue weighted by molar-refractivity contribution is -0.132. The molecule has 1 aromatic heterocycles. The molecule has 1 aliphatic heterocycles. The number of thioether (sulfide) groups is 1. The third-order valence-electron chi connectivity index (χ3n) is 4.56. The van der Waals surface area contributed by atoms with Crippen LogP contribution in [0.4, 0.5) is 0 Å². The number of rotatable bonds is 7. The van der Waals surface area contributed by atoms with E-state index in [-0.39, 0.29) is 5.91 Å². The molecule has 2 aromatic rings. The molecule has 0 saturated carbocycles. The number of allylic oxidation sites excluding steroid dienone is 5. The standard InChI is InChI=1S/C24H26N2O2S/c1-3-8-20(9-4-2)22-16-21(19-10-6-5-7-11-19)17-23(25-22)29-18-24(27)26-12-14-28-15-13-26/h3-11,16-17H,1,12-15,18H2,2H3/b9-4-,20-8+. The first-order chi connectivity index (χ1) is 14.2. The van der Waals surface area contributed by atoms with Gasteiger partial charge in [-0.1, -0.05) is 73.0 Å². The Morgan fingerprint density at radius 2 is 1.97 bits per heavy atom. The van der Waals surface area contributed by atoms with Crippen LogP contribution >= 0.6 is 11.8 Å². The molecule has 1 saturated heterocycles. The normalized spacial score (nSPS) is 14.9. The van der Waals surface area contributed by atoms with Gasteiger partial charge in [0.05, 0.1) is 29.7 Å². The number of amides is 1. The van der Waals surface area contributed by atoms with Crippen molar-refractivity contribution in [3.8, 4) is 11.1 Å². The Kier molecular flexibility index (Phi) is 7.85. The van der Waals surface area contributed by atoms with Gasteiger partial charge in [-0.3, -0.25) is 4.79 Å². The number of benzene rings is 1. The number of hydrogen-bond donors (Lipinski definition) is 0. The molecule has 0 bridgehead atoms. The summed E-state index contributed by atoms with van der Waals surface area (Å²) in [4.78, 5) is 19.2. The van der Waals surface area contributed by atoms with Crippen LogP contribution < -0.4 is 0 Å². The van der Waals surface area contributed by atoms with Gasteiger partial charge >= 0.3 is 0 Å². The van der Waals surface area contributed by atoms with Gasteiger partial charge in [0.25, 0.3) is 0 Å². The number of carbonyl (C=O) groups excluding carboxylic acids is 1. The monoisotopic (exact) mass is 406 g/mol. The van der Waals surface area contributed by atoms with Gasteiger partial charge in [0.1, 0.15) is 0 Å². The van der Waals surface area contributed by atoms with E-state index in [4.69, 9.17) is 9.72 Å². The Morgan fingerprint density at radius 3 is 2.66 bits per heavy atom. The quantitative estimate of drug-likeness (QED) is 0.487. The van der Waals surface area contributed by atoms with Gasteiger partial charge in [-0.25, -0.2) is 4.98 Å². The van der Waals surface area contributed by atoms with Gasteiger partial charge < -0.3 is 9.64 Å². The Balaban J connectivity index is 1.88. The maximum absolute atomic E-state index is 12.5. The SMILES string of the molecule is C=C/C=C(\C=C/C)c1cc(-c2ccccc2)cc(SCC(=O)N2CCOCC2)n1. The second-order valence-corrected chi connectivity index (χ2v) is 7.58. The van der Waals surface area contributed by atoms with Gasteiger partial charge in [0, 0.05) is 13.1 Å². The molecule has 29 heavy (non-hydrogen) atoms. The molecular formula is C24H26N2O2S. The van der Waals surface area contributed by atoms with Gasteiger partial charge in [0.15, 0.2) is 0 Å². The van der Waals surface area contributed by atoms with E-state index in [1.165, 1.54) is 11.8 Å². The summed E-state index contributed by atoms with van der Waals surface area (Å²) >= 11 is 1.48. The van der Waals surface area contributed by atoms with E-state index in [1.54, 1.807) is 6.08 Å². The molecule has 1 aliphatic rings. The highest BCUT2D eigenvalue weighted by molar-refractivity contribution is 7.99. The van der Waals surface area contributed by atoms with Crippen molar-refractivity contribution in [2.75, 3.05) is 32.1 Å². The van der Waals surface area contributed by atoms with E-state index in [2.05, 4.69) is 30.8 Å². The van der Waals surface area contributed by atoms with E-state index in [0.717, 1.165) is 27.4 Å². The zero-order valence-corrected chi connectivity index (χ0v) is 17.5. The van der Waals surface area contributed by atoms with Crippen LogP contribution in [-0.2, 0) is 9.53 Å². The molecule has 0 spiro atoms. The van der Waals surface area contributed by atoms with Gasteiger partial charge in [0.2, 0.25) is 5.91 Å². The summed E-state index contributed by atoms with van der Waals surface area (Å²) in [5.41, 5.74) is 4.06. The van der Waals surface area contributed by atoms with E-state index in [9.17, 15) is 4.79 Å². The van der Waals surface area contributed by atoms with E-state index < -0.39 is 0 Å². The molecule has 150 valence electrons. The first-order valence-electron chi connectivity index (χ1n) is 9.73. The molecule has 2 heterocycles. The van der Waals surface area contributed by atoms with Crippen LogP contribution in [0.25, 0.3) is 16.7 Å². The predicted molar refractivity (Wildman–Crippen MR) is 121 cm³/mol. The van der Waals surface area contributed by atoms with Gasteiger partial charge in [-0.05, 0) is 35.8 Å². The first-order valence-corrected chi connectivity index (χ1v) is 10.7. The highest BCUT2D eigenvalue weighted by atomic mass is 32.2. The summed E-state index contributed by atoms with van der Waals surface area (Å²) < 4.78 is 5.33. The molecule has 0 radical (unpaired) electrons. The largest absolute Gasteiger partial charge is 0.378 e. The summed E-state index contributed by atoms with van der Waals surface area (Å²) in [6.07, 6.45) is 7.72. The fourth-order valence-corrected chi connectivity index (χ4v) is 3.92. The Morgan fingerprint density at radius 1 is 1.21 bits per heavy atom. The third-order valence-corrected chi connectivity index (χ3v) is 5.45. The first kappa shape index (κ1) is 21.1. The number of pyridine rings is 1. The third kappa shape index (κ3) is 5.92. The number of morpholine rings is 1. The molecular weight excluding hydrogens is 380 g/mol. The lowest BCUT2D eigenvalue weighted by Gasteiger charge is -2.26. The van der Waals surface area contributed by atoms with Crippen molar-refractivity contribution in [3.05, 3.63) is 79.0 Å². The minimum absolute atomic E-state index is 0.127. The maximum atomic E-state index is 12.5. The average Bonchev–Trinajstić information content (AvgIpc) is 2.78. The van der Waals surface area contributed by atoms with Crippen molar-refractivity contribution < 1.29 is 9.53 Å². The summed E-state index contributed by atoms with van der Waals surface area (Å²) in [7, 11) is 0. The molecule has 4 nitrogen and oxygen atoms in total. The molecule has 0 aliphatic carbocycles. The average molecular weight is 407 g/mol. The molecule has 1 amide bonds. The van der Waals surface area contributed by atoms with Crippen LogP contribution in [0, 0.1) is 0 Å². The second kappa shape index (κ2) is 10.8. The van der Waals surface area contributed by atoms with Gasteiger partial charge in [-0.2, -0.15) is 0 Å². The number of carbonyl (C=O) groups is 1. The molecule has 0 unspecified atom stereocenters. The number of hydrogen-bond acceptors (Lipinski definition) is 4. The molecule has 0 N–H and O–H groups in total. The van der Waals surface area contributed by atoms with Crippen LogP contribution in [0.1, 0.15) is 12.6 Å². The summed E-state index contributed by atoms with van der Waals surface area (Å²) in [5.74, 6) is 0.497. The Bertz CT molecular complexity index is 900. The maximum Gasteiger partial charge on any atom is 0.233 e. The van der Waals surface area contributed by atoms with Crippen LogP contribution in [0.5, 0.6) is 0 Å². The van der Waals surface area contributed by atoms with E-state index in [0.29, 0.717) is 32.1 Å². The van der Waals surface area contributed by atoms with Crippen LogP contribution in [0.15, 0.2) is 78.4 Å². The predicted octanol–water partition coefficient (Wildman–Crippen LogP) is 4.85. The molecule has 5 heteroatoms. The minimum Gasteiger partial charge on any atom is -0.378 e.